The van der Waals surface area contributed by atoms with Gasteiger partial charge in [0.1, 0.15) is 18.1 Å². The van der Waals surface area contributed by atoms with Gasteiger partial charge in [0.15, 0.2) is 14.1 Å². The number of amides is 2. The zero-order valence-corrected chi connectivity index (χ0v) is 22.3. The Balaban J connectivity index is 1.85. The van der Waals surface area contributed by atoms with E-state index < -0.39 is 49.7 Å². The van der Waals surface area contributed by atoms with E-state index in [-0.39, 0.29) is 18.3 Å². The number of hydrogen-bond acceptors (Lipinski definition) is 6. The molecule has 0 N–H and O–H groups in total. The topological polar surface area (TPSA) is 74.3 Å². The third kappa shape index (κ3) is 5.97. The second-order valence-corrected chi connectivity index (χ2v) is 16.0. The SMILES string of the molecule is CC1(C)OCC([C@@H](O[Si](C)(C)C(C)(C)C)[C@H](Cl)C(=O)N2C(=O)OCC2Cc2ccccc2)O1. The molecule has 0 spiro atoms. The summed E-state index contributed by atoms with van der Waals surface area (Å²) in [5.74, 6) is -1.33. The fourth-order valence-electron chi connectivity index (χ4n) is 3.76. The standard InChI is InChI=1S/C24H36ClNO6Si/c1-23(2,3)33(6,7)32-20(18-15-30-24(4,5)31-18)19(25)21(27)26-17(14-29-22(26)28)13-16-11-9-8-10-12-16/h8-12,17-20H,13-15H2,1-7H3/t17?,18?,19-,20+/m0/s1. The second kappa shape index (κ2) is 9.66. The van der Waals surface area contributed by atoms with E-state index in [4.69, 9.17) is 30.2 Å². The van der Waals surface area contributed by atoms with Gasteiger partial charge in [-0.05, 0) is 44.0 Å². The van der Waals surface area contributed by atoms with Gasteiger partial charge in [0.2, 0.25) is 0 Å². The number of imide groups is 1. The number of rotatable bonds is 7. The molecule has 0 aromatic heterocycles. The van der Waals surface area contributed by atoms with Gasteiger partial charge in [-0.25, -0.2) is 9.69 Å². The summed E-state index contributed by atoms with van der Waals surface area (Å²) in [6, 6.07) is 9.25. The first kappa shape index (κ1) is 26.2. The number of benzene rings is 1. The first-order valence-corrected chi connectivity index (χ1v) is 14.7. The van der Waals surface area contributed by atoms with Crippen molar-refractivity contribution in [3.8, 4) is 0 Å². The molecule has 9 heteroatoms. The molecule has 3 rings (SSSR count). The molecule has 2 saturated heterocycles. The van der Waals surface area contributed by atoms with Crippen molar-refractivity contribution in [2.24, 2.45) is 0 Å². The van der Waals surface area contributed by atoms with Gasteiger partial charge in [-0.2, -0.15) is 0 Å². The molecule has 2 aliphatic rings. The van der Waals surface area contributed by atoms with Crippen LogP contribution in [0.5, 0.6) is 0 Å². The fourth-order valence-corrected chi connectivity index (χ4v) is 5.49. The van der Waals surface area contributed by atoms with Gasteiger partial charge in [0.25, 0.3) is 5.91 Å². The largest absolute Gasteiger partial charge is 0.447 e. The van der Waals surface area contributed by atoms with Crippen LogP contribution in [0.3, 0.4) is 0 Å². The predicted octanol–water partition coefficient (Wildman–Crippen LogP) is 4.73. The van der Waals surface area contributed by atoms with Gasteiger partial charge in [-0.1, -0.05) is 51.1 Å². The first-order chi connectivity index (χ1) is 15.2. The van der Waals surface area contributed by atoms with E-state index in [0.29, 0.717) is 6.42 Å². The van der Waals surface area contributed by atoms with Crippen LogP contribution in [-0.4, -0.2) is 67.8 Å². The van der Waals surface area contributed by atoms with E-state index in [9.17, 15) is 9.59 Å². The number of carbonyl (C=O) groups excluding carboxylic acids is 2. The molecule has 4 atom stereocenters. The summed E-state index contributed by atoms with van der Waals surface area (Å²) in [6.45, 7) is 14.5. The Hall–Kier alpha value is -1.45. The maximum Gasteiger partial charge on any atom is 0.417 e. The number of ether oxygens (including phenoxy) is 3. The molecule has 0 bridgehead atoms. The summed E-state index contributed by atoms with van der Waals surface area (Å²) in [5, 5.41) is -1.24. The molecule has 184 valence electrons. The number of carbonyl (C=O) groups is 2. The van der Waals surface area contributed by atoms with Crippen LogP contribution < -0.4 is 0 Å². The molecule has 7 nitrogen and oxygen atoms in total. The zero-order chi connectivity index (χ0) is 24.6. The maximum absolute atomic E-state index is 13.6. The zero-order valence-electron chi connectivity index (χ0n) is 20.6. The molecular formula is C24H36ClNO6Si. The Bertz CT molecular complexity index is 856. The van der Waals surface area contributed by atoms with Gasteiger partial charge in [0.05, 0.1) is 18.8 Å². The summed E-state index contributed by atoms with van der Waals surface area (Å²) in [7, 11) is -2.33. The second-order valence-electron chi connectivity index (χ2n) is 10.7. The summed E-state index contributed by atoms with van der Waals surface area (Å²) < 4.78 is 23.7. The van der Waals surface area contributed by atoms with Crippen molar-refractivity contribution in [3.63, 3.8) is 0 Å². The number of cyclic esters (lactones) is 1. The number of hydrogen-bond donors (Lipinski definition) is 0. The lowest BCUT2D eigenvalue weighted by Crippen LogP contribution is -2.56. The lowest BCUT2D eigenvalue weighted by molar-refractivity contribution is -0.153. The molecule has 1 aromatic carbocycles. The Morgan fingerprint density at radius 2 is 1.88 bits per heavy atom. The maximum atomic E-state index is 13.6. The van der Waals surface area contributed by atoms with Crippen molar-refractivity contribution in [3.05, 3.63) is 35.9 Å². The van der Waals surface area contributed by atoms with Crippen molar-refractivity contribution < 1.29 is 28.2 Å². The normalized spacial score (nSPS) is 25.1. The molecule has 2 amide bonds. The fraction of sp³-hybridized carbons (Fsp3) is 0.667. The molecule has 33 heavy (non-hydrogen) atoms. The van der Waals surface area contributed by atoms with Crippen LogP contribution in [-0.2, 0) is 29.9 Å². The third-order valence-electron chi connectivity index (χ3n) is 6.67. The van der Waals surface area contributed by atoms with E-state index in [1.165, 1.54) is 0 Å². The molecule has 1 aromatic rings. The van der Waals surface area contributed by atoms with Gasteiger partial charge in [0, 0.05) is 0 Å². The van der Waals surface area contributed by atoms with Crippen molar-refractivity contribution in [1.29, 1.82) is 0 Å². The Morgan fingerprint density at radius 1 is 1.24 bits per heavy atom. The summed E-state index contributed by atoms with van der Waals surface area (Å²) in [6.07, 6.45) is -1.49. The van der Waals surface area contributed by atoms with E-state index in [0.717, 1.165) is 10.5 Å². The highest BCUT2D eigenvalue weighted by atomic mass is 35.5. The summed E-state index contributed by atoms with van der Waals surface area (Å²) in [4.78, 5) is 27.3. The van der Waals surface area contributed by atoms with Gasteiger partial charge < -0.3 is 18.6 Å². The molecule has 2 unspecified atom stereocenters. The smallest absolute Gasteiger partial charge is 0.417 e. The minimum absolute atomic E-state index is 0.109. The minimum atomic E-state index is -2.33. The Labute approximate surface area is 202 Å². The molecule has 2 aliphatic heterocycles. The highest BCUT2D eigenvalue weighted by Gasteiger charge is 2.51. The number of alkyl halides is 1. The van der Waals surface area contributed by atoms with Crippen LogP contribution in [0.25, 0.3) is 0 Å². The van der Waals surface area contributed by atoms with Crippen molar-refractivity contribution in [2.45, 2.75) is 88.6 Å². The Morgan fingerprint density at radius 3 is 2.42 bits per heavy atom. The van der Waals surface area contributed by atoms with Crippen molar-refractivity contribution >= 4 is 31.9 Å². The van der Waals surface area contributed by atoms with Crippen molar-refractivity contribution in [1.82, 2.24) is 4.90 Å². The lowest BCUT2D eigenvalue weighted by Gasteiger charge is -2.42. The van der Waals surface area contributed by atoms with Gasteiger partial charge >= 0.3 is 6.09 Å². The van der Waals surface area contributed by atoms with Crippen LogP contribution in [0.15, 0.2) is 30.3 Å². The Kier molecular flexibility index (Phi) is 7.66. The molecule has 0 radical (unpaired) electrons. The van der Waals surface area contributed by atoms with Crippen molar-refractivity contribution in [2.75, 3.05) is 13.2 Å². The minimum Gasteiger partial charge on any atom is -0.447 e. The van der Waals surface area contributed by atoms with Crippen LogP contribution in [0.1, 0.15) is 40.2 Å². The van der Waals surface area contributed by atoms with E-state index >= 15 is 0 Å². The molecule has 0 aliphatic carbocycles. The average Bonchev–Trinajstić information content (AvgIpc) is 3.26. The molecule has 0 saturated carbocycles. The van der Waals surface area contributed by atoms with Gasteiger partial charge in [-0.15, -0.1) is 11.6 Å². The first-order valence-electron chi connectivity index (χ1n) is 11.4. The lowest BCUT2D eigenvalue weighted by atomic mass is 10.0. The average molecular weight is 498 g/mol. The number of nitrogens with zero attached hydrogens (tertiary/aromatic N) is 1. The number of halogens is 1. The van der Waals surface area contributed by atoms with Crippen LogP contribution in [0, 0.1) is 0 Å². The molecule has 2 fully saturated rings. The summed E-state index contributed by atoms with van der Waals surface area (Å²) >= 11 is 6.80. The van der Waals surface area contributed by atoms with E-state index in [1.54, 1.807) is 0 Å². The highest BCUT2D eigenvalue weighted by Crippen LogP contribution is 2.40. The van der Waals surface area contributed by atoms with E-state index in [1.807, 2.05) is 44.2 Å². The predicted molar refractivity (Wildman–Crippen MR) is 129 cm³/mol. The quantitative estimate of drug-likeness (QED) is 0.400. The van der Waals surface area contributed by atoms with Gasteiger partial charge in [-0.3, -0.25) is 4.79 Å². The third-order valence-corrected chi connectivity index (χ3v) is 11.6. The monoisotopic (exact) mass is 497 g/mol. The van der Waals surface area contributed by atoms with Crippen LogP contribution >= 0.6 is 11.6 Å². The molecular weight excluding hydrogens is 462 g/mol. The van der Waals surface area contributed by atoms with Crippen LogP contribution in [0.2, 0.25) is 18.1 Å². The summed E-state index contributed by atoms with van der Waals surface area (Å²) in [5.41, 5.74) is 1.01. The molecule has 2 heterocycles. The highest BCUT2D eigenvalue weighted by molar-refractivity contribution is 6.74. The van der Waals surface area contributed by atoms with E-state index in [2.05, 4.69) is 33.9 Å². The van der Waals surface area contributed by atoms with Crippen LogP contribution in [0.4, 0.5) is 4.79 Å².